The number of carboxylic acids is 1. The predicted octanol–water partition coefficient (Wildman–Crippen LogP) is 7.74. The van der Waals surface area contributed by atoms with Crippen molar-refractivity contribution in [1.29, 1.82) is 0 Å². The Kier molecular flexibility index (Phi) is 9.22. The van der Waals surface area contributed by atoms with Crippen LogP contribution in [0.25, 0.3) is 11.3 Å². The Balaban J connectivity index is 1.18. The Labute approximate surface area is 237 Å². The van der Waals surface area contributed by atoms with E-state index in [0.717, 1.165) is 42.1 Å². The molecular weight excluding hydrogens is 498 g/mol. The highest BCUT2D eigenvalue weighted by Crippen LogP contribution is 2.27. The van der Waals surface area contributed by atoms with Gasteiger partial charge in [-0.2, -0.15) is 0 Å². The van der Waals surface area contributed by atoms with E-state index in [-0.39, 0.29) is 0 Å². The van der Waals surface area contributed by atoms with Crippen molar-refractivity contribution in [3.63, 3.8) is 0 Å². The van der Waals surface area contributed by atoms with Crippen molar-refractivity contribution >= 4 is 5.97 Å². The highest BCUT2D eigenvalue weighted by atomic mass is 16.5. The van der Waals surface area contributed by atoms with E-state index in [2.05, 4.69) is 47.9 Å². The zero-order valence-corrected chi connectivity index (χ0v) is 23.3. The molecule has 1 aromatic heterocycles. The lowest BCUT2D eigenvalue weighted by molar-refractivity contribution is -0.145. The molecule has 0 unspecified atom stereocenters. The van der Waals surface area contributed by atoms with Crippen molar-refractivity contribution in [3.8, 4) is 22.8 Å². The van der Waals surface area contributed by atoms with Crippen molar-refractivity contribution in [3.05, 3.63) is 108 Å². The normalized spacial score (nSPS) is 14.5. The molecule has 1 N–H and O–H groups in total. The number of nitrogens with zero attached hydrogens (tertiary/aromatic N) is 1. The number of aliphatic carboxylic acids is 1. The summed E-state index contributed by atoms with van der Waals surface area (Å²) in [6.45, 7) is 3.83. The maximum atomic E-state index is 11.8. The van der Waals surface area contributed by atoms with Crippen LogP contribution < -0.4 is 9.47 Å². The molecule has 0 amide bonds. The number of rotatable bonds is 12. The van der Waals surface area contributed by atoms with Crippen LogP contribution in [0.1, 0.15) is 48.9 Å². The molecule has 0 aliphatic heterocycles. The first-order valence-electron chi connectivity index (χ1n) is 14.5. The van der Waals surface area contributed by atoms with E-state index in [9.17, 15) is 9.90 Å². The summed E-state index contributed by atoms with van der Waals surface area (Å²) in [5, 5.41) is 9.68. The fourth-order valence-corrected chi connectivity index (χ4v) is 5.56. The Bertz CT molecular complexity index is 1350. The molecule has 0 spiro atoms. The van der Waals surface area contributed by atoms with Crippen LogP contribution in [0.3, 0.4) is 0 Å². The molecule has 4 aromatic rings. The van der Waals surface area contributed by atoms with Gasteiger partial charge in [-0.3, -0.25) is 0 Å². The molecule has 1 saturated carbocycles. The van der Waals surface area contributed by atoms with Gasteiger partial charge in [0.2, 0.25) is 0 Å². The summed E-state index contributed by atoms with van der Waals surface area (Å²) in [4.78, 5) is 11.8. The number of hydrogen-bond donors (Lipinski definition) is 1. The highest BCUT2D eigenvalue weighted by Gasteiger charge is 2.20. The Hall–Kier alpha value is -3.99. The average Bonchev–Trinajstić information content (AvgIpc) is 3.36. The first-order valence-corrected chi connectivity index (χ1v) is 14.5. The number of aromatic nitrogens is 1. The maximum absolute atomic E-state index is 11.8. The second-order valence-corrected chi connectivity index (χ2v) is 10.9. The van der Waals surface area contributed by atoms with Crippen LogP contribution in [0.15, 0.2) is 91.0 Å². The van der Waals surface area contributed by atoms with Crippen LogP contribution in [0, 0.1) is 12.8 Å². The minimum atomic E-state index is -0.971. The van der Waals surface area contributed by atoms with Gasteiger partial charge < -0.3 is 19.1 Å². The summed E-state index contributed by atoms with van der Waals surface area (Å²) >= 11 is 0. The summed E-state index contributed by atoms with van der Waals surface area (Å²) in [5.41, 5.74) is 5.63. The van der Waals surface area contributed by atoms with Gasteiger partial charge in [0, 0.05) is 24.4 Å². The quantitative estimate of drug-likeness (QED) is 0.201. The lowest BCUT2D eigenvalue weighted by atomic mass is 9.90. The number of ether oxygens (including phenoxy) is 2. The van der Waals surface area contributed by atoms with Gasteiger partial charge in [-0.15, -0.1) is 0 Å². The molecule has 40 heavy (non-hydrogen) atoms. The van der Waals surface area contributed by atoms with Crippen molar-refractivity contribution < 1.29 is 19.4 Å². The van der Waals surface area contributed by atoms with Crippen molar-refractivity contribution in [1.82, 2.24) is 4.57 Å². The SMILES string of the molecule is Cc1ccc(-c2ccc(O[C@H](Cc3ccccc3)C(=O)O)cc2)n1CCc1ccc(OCC2CCCCC2)cc1. The topological polar surface area (TPSA) is 60.7 Å². The molecule has 0 radical (unpaired) electrons. The molecular formula is C35H39NO4. The van der Waals surface area contributed by atoms with E-state index in [1.165, 1.54) is 43.4 Å². The largest absolute Gasteiger partial charge is 0.493 e. The molecule has 1 fully saturated rings. The summed E-state index contributed by atoms with van der Waals surface area (Å²) in [5.74, 6) is 1.24. The molecule has 5 rings (SSSR count). The molecule has 1 heterocycles. The molecule has 5 nitrogen and oxygen atoms in total. The van der Waals surface area contributed by atoms with E-state index < -0.39 is 12.1 Å². The Morgan fingerprint density at radius 3 is 2.25 bits per heavy atom. The monoisotopic (exact) mass is 537 g/mol. The van der Waals surface area contributed by atoms with Crippen LogP contribution in [0.2, 0.25) is 0 Å². The van der Waals surface area contributed by atoms with E-state index in [0.29, 0.717) is 18.1 Å². The van der Waals surface area contributed by atoms with Gasteiger partial charge in [0.25, 0.3) is 0 Å². The second kappa shape index (κ2) is 13.4. The van der Waals surface area contributed by atoms with Crippen molar-refractivity contribution in [2.24, 2.45) is 5.92 Å². The number of benzene rings is 3. The highest BCUT2D eigenvalue weighted by molar-refractivity contribution is 5.73. The van der Waals surface area contributed by atoms with Crippen LogP contribution in [-0.4, -0.2) is 28.4 Å². The van der Waals surface area contributed by atoms with Crippen molar-refractivity contribution in [2.45, 2.75) is 64.5 Å². The van der Waals surface area contributed by atoms with Crippen molar-refractivity contribution in [2.75, 3.05) is 6.61 Å². The Morgan fingerprint density at radius 2 is 1.55 bits per heavy atom. The van der Waals surface area contributed by atoms with Gasteiger partial charge in [0.05, 0.1) is 6.61 Å². The van der Waals surface area contributed by atoms with E-state index in [1.807, 2.05) is 54.6 Å². The summed E-state index contributed by atoms with van der Waals surface area (Å²) in [7, 11) is 0. The first-order chi connectivity index (χ1) is 19.5. The fourth-order valence-electron chi connectivity index (χ4n) is 5.56. The lowest BCUT2D eigenvalue weighted by Gasteiger charge is -2.21. The van der Waals surface area contributed by atoms with Crippen LogP contribution >= 0.6 is 0 Å². The van der Waals surface area contributed by atoms with E-state index in [4.69, 9.17) is 9.47 Å². The first kappa shape index (κ1) is 27.6. The average molecular weight is 538 g/mol. The lowest BCUT2D eigenvalue weighted by Crippen LogP contribution is -2.29. The molecule has 0 bridgehead atoms. The molecule has 0 saturated heterocycles. The summed E-state index contributed by atoms with van der Waals surface area (Å²) < 4.78 is 14.3. The molecule has 5 heteroatoms. The summed E-state index contributed by atoms with van der Waals surface area (Å²) in [6.07, 6.45) is 6.93. The van der Waals surface area contributed by atoms with Gasteiger partial charge in [0.1, 0.15) is 11.5 Å². The zero-order chi connectivity index (χ0) is 27.7. The molecule has 1 atom stereocenters. The van der Waals surface area contributed by atoms with E-state index in [1.54, 1.807) is 0 Å². The van der Waals surface area contributed by atoms with E-state index >= 15 is 0 Å². The molecule has 1 aliphatic carbocycles. The van der Waals surface area contributed by atoms with Gasteiger partial charge in [-0.1, -0.05) is 61.7 Å². The number of carbonyl (C=O) groups is 1. The summed E-state index contributed by atoms with van der Waals surface area (Å²) in [6, 6.07) is 30.1. The third kappa shape index (κ3) is 7.35. The van der Waals surface area contributed by atoms with Crippen LogP contribution in [0.4, 0.5) is 0 Å². The maximum Gasteiger partial charge on any atom is 0.345 e. The number of aryl methyl sites for hydroxylation is 2. The number of hydrogen-bond acceptors (Lipinski definition) is 3. The van der Waals surface area contributed by atoms with Gasteiger partial charge >= 0.3 is 5.97 Å². The third-order valence-electron chi connectivity index (χ3n) is 7.92. The minimum absolute atomic E-state index is 0.313. The smallest absolute Gasteiger partial charge is 0.345 e. The molecule has 1 aliphatic rings. The molecule has 3 aromatic carbocycles. The van der Waals surface area contributed by atoms with Gasteiger partial charge in [-0.25, -0.2) is 4.79 Å². The fraction of sp³-hybridized carbons (Fsp3) is 0.343. The second-order valence-electron chi connectivity index (χ2n) is 10.9. The van der Waals surface area contributed by atoms with Gasteiger partial charge in [0.15, 0.2) is 6.10 Å². The molecule has 208 valence electrons. The minimum Gasteiger partial charge on any atom is -0.493 e. The predicted molar refractivity (Wildman–Crippen MR) is 159 cm³/mol. The standard InChI is InChI=1S/C35H39NO4/c1-26-12-21-33(30-15-19-32(20-16-30)40-34(35(37)38)24-28-8-4-2-5-9-28)36(26)23-22-27-13-17-31(18-14-27)39-25-29-10-6-3-7-11-29/h2,4-5,8-9,12-21,29,34H,3,6-7,10-11,22-25H2,1H3,(H,37,38)/t34-/m1/s1. The van der Waals surface area contributed by atoms with Gasteiger partial charge in [-0.05, 0) is 97.3 Å². The number of carboxylic acid groups (broad SMARTS) is 1. The third-order valence-corrected chi connectivity index (χ3v) is 7.92. The Morgan fingerprint density at radius 1 is 0.850 bits per heavy atom. The zero-order valence-electron chi connectivity index (χ0n) is 23.3. The van der Waals surface area contributed by atoms with Crippen LogP contribution in [0.5, 0.6) is 11.5 Å². The van der Waals surface area contributed by atoms with Crippen LogP contribution in [-0.2, 0) is 24.2 Å².